The molecule has 1 rings (SSSR count). The molecule has 1 aromatic carbocycles. The lowest BCUT2D eigenvalue weighted by molar-refractivity contribution is -0.123. The molecule has 3 N–H and O–H groups in total. The van der Waals surface area contributed by atoms with Gasteiger partial charge in [-0.15, -0.1) is 12.4 Å². The molecule has 1 aromatic rings. The van der Waals surface area contributed by atoms with E-state index in [4.69, 9.17) is 10.5 Å². The van der Waals surface area contributed by atoms with Gasteiger partial charge in [-0.05, 0) is 31.9 Å². The number of rotatable bonds is 6. The summed E-state index contributed by atoms with van der Waals surface area (Å²) in [5.41, 5.74) is 5.74. The molecule has 0 unspecified atom stereocenters. The van der Waals surface area contributed by atoms with Crippen LogP contribution in [-0.2, 0) is 4.79 Å². The first-order valence-corrected chi connectivity index (χ1v) is 6.59. The van der Waals surface area contributed by atoms with Crippen molar-refractivity contribution in [3.63, 3.8) is 0 Å². The van der Waals surface area contributed by atoms with Gasteiger partial charge in [-0.3, -0.25) is 4.79 Å². The molecule has 0 heterocycles. The van der Waals surface area contributed by atoms with Crippen molar-refractivity contribution in [2.75, 3.05) is 18.5 Å². The van der Waals surface area contributed by atoms with Crippen LogP contribution in [-0.4, -0.2) is 19.1 Å². The van der Waals surface area contributed by atoms with Gasteiger partial charge in [0.2, 0.25) is 5.91 Å². The first-order chi connectivity index (χ1) is 8.85. The number of nitrogens with two attached hydrogens (primary N) is 1. The molecule has 1 amide bonds. The third-order valence-electron chi connectivity index (χ3n) is 2.80. The van der Waals surface area contributed by atoms with Gasteiger partial charge in [-0.2, -0.15) is 0 Å². The van der Waals surface area contributed by atoms with Crippen LogP contribution in [0.25, 0.3) is 0 Å². The largest absolute Gasteiger partial charge is 0.493 e. The molecule has 4 nitrogen and oxygen atoms in total. The summed E-state index contributed by atoms with van der Waals surface area (Å²) >= 11 is 0. The second-order valence-electron chi connectivity index (χ2n) is 5.77. The number of ether oxygens (including phenoxy) is 1. The summed E-state index contributed by atoms with van der Waals surface area (Å²) < 4.78 is 5.63. The number of hydrogen-bond donors (Lipinski definition) is 2. The van der Waals surface area contributed by atoms with Crippen molar-refractivity contribution in [1.82, 2.24) is 0 Å². The lowest BCUT2D eigenvalue weighted by atomic mass is 9.92. The van der Waals surface area contributed by atoms with Crippen LogP contribution in [0.5, 0.6) is 5.75 Å². The molecule has 0 aromatic heterocycles. The van der Waals surface area contributed by atoms with Crippen LogP contribution in [0.4, 0.5) is 5.69 Å². The maximum Gasteiger partial charge on any atom is 0.231 e. The molecular formula is C15H25ClN2O2. The van der Waals surface area contributed by atoms with E-state index in [1.165, 1.54) is 0 Å². The number of carbonyl (C=O) groups is 1. The van der Waals surface area contributed by atoms with E-state index >= 15 is 0 Å². The first-order valence-electron chi connectivity index (χ1n) is 6.59. The van der Waals surface area contributed by atoms with Gasteiger partial charge in [-0.1, -0.05) is 19.9 Å². The minimum atomic E-state index is -0.575. The standard InChI is InChI=1S/C15H24N2O2.ClH/c1-11(2)9-19-13-7-5-6-12(8-13)17-14(18)15(3,4)10-16;/h5-8,11H,9-10,16H2,1-4H3,(H,17,18);1H. The van der Waals surface area contributed by atoms with Crippen molar-refractivity contribution in [3.05, 3.63) is 24.3 Å². The Labute approximate surface area is 127 Å². The minimum Gasteiger partial charge on any atom is -0.493 e. The van der Waals surface area contributed by atoms with Crippen LogP contribution in [0, 0.1) is 11.3 Å². The third kappa shape index (κ3) is 5.80. The second-order valence-corrected chi connectivity index (χ2v) is 5.77. The Morgan fingerprint density at radius 1 is 1.40 bits per heavy atom. The zero-order valence-electron chi connectivity index (χ0n) is 12.6. The van der Waals surface area contributed by atoms with Crippen molar-refractivity contribution >= 4 is 24.0 Å². The van der Waals surface area contributed by atoms with E-state index in [-0.39, 0.29) is 18.3 Å². The van der Waals surface area contributed by atoms with Crippen molar-refractivity contribution in [2.45, 2.75) is 27.7 Å². The molecule has 0 spiro atoms. The van der Waals surface area contributed by atoms with Gasteiger partial charge in [0, 0.05) is 18.3 Å². The predicted molar refractivity (Wildman–Crippen MR) is 85.5 cm³/mol. The van der Waals surface area contributed by atoms with Crippen LogP contribution in [0.15, 0.2) is 24.3 Å². The molecule has 20 heavy (non-hydrogen) atoms. The van der Waals surface area contributed by atoms with E-state index in [0.29, 0.717) is 19.1 Å². The van der Waals surface area contributed by atoms with Gasteiger partial charge in [0.15, 0.2) is 0 Å². The lowest BCUT2D eigenvalue weighted by Gasteiger charge is -2.21. The smallest absolute Gasteiger partial charge is 0.231 e. The number of hydrogen-bond acceptors (Lipinski definition) is 3. The van der Waals surface area contributed by atoms with Gasteiger partial charge in [0.05, 0.1) is 12.0 Å². The minimum absolute atomic E-state index is 0. The van der Waals surface area contributed by atoms with Crippen LogP contribution in [0.2, 0.25) is 0 Å². The van der Waals surface area contributed by atoms with Gasteiger partial charge < -0.3 is 15.8 Å². The number of carbonyl (C=O) groups excluding carboxylic acids is 1. The van der Waals surface area contributed by atoms with Crippen molar-refractivity contribution < 1.29 is 9.53 Å². The average molecular weight is 301 g/mol. The molecule has 0 aliphatic carbocycles. The fourth-order valence-electron chi connectivity index (χ4n) is 1.32. The quantitative estimate of drug-likeness (QED) is 0.848. The average Bonchev–Trinajstić information content (AvgIpc) is 2.36. The Morgan fingerprint density at radius 3 is 2.60 bits per heavy atom. The Balaban J connectivity index is 0.00000361. The number of nitrogens with one attached hydrogen (secondary N) is 1. The summed E-state index contributed by atoms with van der Waals surface area (Å²) in [6.45, 7) is 8.79. The van der Waals surface area contributed by atoms with Gasteiger partial charge in [0.1, 0.15) is 5.75 Å². The van der Waals surface area contributed by atoms with Crippen molar-refractivity contribution in [1.29, 1.82) is 0 Å². The Morgan fingerprint density at radius 2 is 2.05 bits per heavy atom. The lowest BCUT2D eigenvalue weighted by Crippen LogP contribution is -2.37. The molecule has 5 heteroatoms. The zero-order chi connectivity index (χ0) is 14.5. The molecule has 114 valence electrons. The summed E-state index contributed by atoms with van der Waals surface area (Å²) in [4.78, 5) is 12.0. The molecule has 0 aliphatic heterocycles. The van der Waals surface area contributed by atoms with Gasteiger partial charge >= 0.3 is 0 Å². The van der Waals surface area contributed by atoms with Crippen molar-refractivity contribution in [2.24, 2.45) is 17.1 Å². The van der Waals surface area contributed by atoms with Gasteiger partial charge in [-0.25, -0.2) is 0 Å². The van der Waals surface area contributed by atoms with E-state index < -0.39 is 5.41 Å². The highest BCUT2D eigenvalue weighted by Crippen LogP contribution is 2.21. The normalized spacial score (nSPS) is 10.9. The number of benzene rings is 1. The summed E-state index contributed by atoms with van der Waals surface area (Å²) in [6.07, 6.45) is 0. The molecule has 0 saturated heterocycles. The SMILES string of the molecule is CC(C)COc1cccc(NC(=O)C(C)(C)CN)c1.Cl. The third-order valence-corrected chi connectivity index (χ3v) is 2.80. The van der Waals surface area contributed by atoms with Crippen LogP contribution in [0.3, 0.4) is 0 Å². The van der Waals surface area contributed by atoms with E-state index in [9.17, 15) is 4.79 Å². The summed E-state index contributed by atoms with van der Waals surface area (Å²) in [5, 5.41) is 2.86. The second kappa shape index (κ2) is 8.12. The Kier molecular flexibility index (Phi) is 7.61. The highest BCUT2D eigenvalue weighted by atomic mass is 35.5. The first kappa shape index (κ1) is 18.7. The monoisotopic (exact) mass is 300 g/mol. The molecular weight excluding hydrogens is 276 g/mol. The highest BCUT2D eigenvalue weighted by molar-refractivity contribution is 5.95. The summed E-state index contributed by atoms with van der Waals surface area (Å²) in [7, 11) is 0. The van der Waals surface area contributed by atoms with E-state index in [0.717, 1.165) is 11.4 Å². The van der Waals surface area contributed by atoms with Crippen LogP contribution >= 0.6 is 12.4 Å². The van der Waals surface area contributed by atoms with Crippen molar-refractivity contribution in [3.8, 4) is 5.75 Å². The maximum atomic E-state index is 12.0. The summed E-state index contributed by atoms with van der Waals surface area (Å²) in [5.74, 6) is 1.14. The fourth-order valence-corrected chi connectivity index (χ4v) is 1.32. The summed E-state index contributed by atoms with van der Waals surface area (Å²) in [6, 6.07) is 7.41. The predicted octanol–water partition coefficient (Wildman–Crippen LogP) is 3.07. The number of amides is 1. The topological polar surface area (TPSA) is 64.3 Å². The van der Waals surface area contributed by atoms with E-state index in [1.807, 2.05) is 38.1 Å². The van der Waals surface area contributed by atoms with E-state index in [1.54, 1.807) is 0 Å². The highest BCUT2D eigenvalue weighted by Gasteiger charge is 2.25. The molecule has 0 aliphatic rings. The Hall–Kier alpha value is -1.26. The number of halogens is 1. The van der Waals surface area contributed by atoms with Crippen LogP contribution < -0.4 is 15.8 Å². The zero-order valence-corrected chi connectivity index (χ0v) is 13.4. The molecule has 0 saturated carbocycles. The van der Waals surface area contributed by atoms with Gasteiger partial charge in [0.25, 0.3) is 0 Å². The molecule has 0 radical (unpaired) electrons. The number of anilines is 1. The Bertz CT molecular complexity index is 434. The van der Waals surface area contributed by atoms with Crippen LogP contribution in [0.1, 0.15) is 27.7 Å². The maximum absolute atomic E-state index is 12.0. The fraction of sp³-hybridized carbons (Fsp3) is 0.533. The molecule has 0 fully saturated rings. The molecule has 0 atom stereocenters. The van der Waals surface area contributed by atoms with E-state index in [2.05, 4.69) is 19.2 Å². The molecule has 0 bridgehead atoms.